The predicted octanol–water partition coefficient (Wildman–Crippen LogP) is -0.114. The van der Waals surface area contributed by atoms with E-state index in [0.717, 1.165) is 5.69 Å². The summed E-state index contributed by atoms with van der Waals surface area (Å²) in [6.45, 7) is 0.456. The third-order valence-electron chi connectivity index (χ3n) is 3.02. The summed E-state index contributed by atoms with van der Waals surface area (Å²) in [6.07, 6.45) is 1.71. The van der Waals surface area contributed by atoms with Gasteiger partial charge in [0.05, 0.1) is 17.9 Å². The lowest BCUT2D eigenvalue weighted by Crippen LogP contribution is -2.36. The largest absolute Gasteiger partial charge is 0.354 e. The van der Waals surface area contributed by atoms with Crippen LogP contribution in [0.2, 0.25) is 0 Å². The van der Waals surface area contributed by atoms with Gasteiger partial charge in [0.15, 0.2) is 5.69 Å². The van der Waals surface area contributed by atoms with E-state index in [9.17, 15) is 9.59 Å². The van der Waals surface area contributed by atoms with Gasteiger partial charge < -0.3 is 10.6 Å². The van der Waals surface area contributed by atoms with Crippen molar-refractivity contribution in [2.24, 2.45) is 0 Å². The first-order valence-electron chi connectivity index (χ1n) is 6.28. The summed E-state index contributed by atoms with van der Waals surface area (Å²) in [6, 6.07) is 9.15. The van der Waals surface area contributed by atoms with Gasteiger partial charge in [-0.05, 0) is 12.1 Å². The smallest absolute Gasteiger partial charge is 0.273 e. The van der Waals surface area contributed by atoms with Gasteiger partial charge in [0.2, 0.25) is 5.91 Å². The summed E-state index contributed by atoms with van der Waals surface area (Å²) < 4.78 is 0. The maximum absolute atomic E-state index is 12.0. The Balaban J connectivity index is 1.70. The fourth-order valence-electron chi connectivity index (χ4n) is 2.02. The number of amides is 2. The maximum atomic E-state index is 12.0. The minimum atomic E-state index is -0.325. The van der Waals surface area contributed by atoms with Crippen LogP contribution in [0.5, 0.6) is 0 Å². The molecule has 0 bridgehead atoms. The van der Waals surface area contributed by atoms with Gasteiger partial charge in [-0.2, -0.15) is 9.90 Å². The first-order chi connectivity index (χ1) is 9.72. The molecule has 102 valence electrons. The van der Waals surface area contributed by atoms with Crippen LogP contribution in [-0.4, -0.2) is 39.4 Å². The standard InChI is InChI=1S/C13H13N5O2/c19-12-6-9(7-14-12)16-13(20)11-8-15-18(17-11)10-4-2-1-3-5-10/h1-5,8-9H,6-7H2,(H,14,19)(H,16,20). The van der Waals surface area contributed by atoms with Crippen molar-refractivity contribution >= 4 is 11.8 Å². The second-order valence-corrected chi connectivity index (χ2v) is 4.53. The van der Waals surface area contributed by atoms with Crippen molar-refractivity contribution in [1.82, 2.24) is 25.6 Å². The van der Waals surface area contributed by atoms with E-state index in [2.05, 4.69) is 20.8 Å². The monoisotopic (exact) mass is 271 g/mol. The Hall–Kier alpha value is -2.70. The zero-order valence-corrected chi connectivity index (χ0v) is 10.6. The normalized spacial score (nSPS) is 17.8. The van der Waals surface area contributed by atoms with Crippen molar-refractivity contribution < 1.29 is 9.59 Å². The summed E-state index contributed by atoms with van der Waals surface area (Å²) in [7, 11) is 0. The van der Waals surface area contributed by atoms with Crippen LogP contribution in [0.25, 0.3) is 5.69 Å². The van der Waals surface area contributed by atoms with Crippen LogP contribution in [0.4, 0.5) is 0 Å². The van der Waals surface area contributed by atoms with E-state index in [-0.39, 0.29) is 23.6 Å². The fraction of sp³-hybridized carbons (Fsp3) is 0.231. The molecule has 2 N–H and O–H groups in total. The van der Waals surface area contributed by atoms with Crippen molar-refractivity contribution in [2.45, 2.75) is 12.5 Å². The zero-order valence-electron chi connectivity index (χ0n) is 10.6. The van der Waals surface area contributed by atoms with Crippen LogP contribution in [0, 0.1) is 0 Å². The number of hydrogen-bond donors (Lipinski definition) is 2. The number of para-hydroxylation sites is 1. The Bertz CT molecular complexity index is 637. The maximum Gasteiger partial charge on any atom is 0.273 e. The minimum Gasteiger partial charge on any atom is -0.354 e. The molecule has 1 aliphatic rings. The molecule has 1 fully saturated rings. The van der Waals surface area contributed by atoms with Gasteiger partial charge in [-0.25, -0.2) is 0 Å². The van der Waals surface area contributed by atoms with Crippen LogP contribution in [0.15, 0.2) is 36.5 Å². The van der Waals surface area contributed by atoms with E-state index in [1.807, 2.05) is 30.3 Å². The van der Waals surface area contributed by atoms with Gasteiger partial charge in [0.25, 0.3) is 5.91 Å². The Morgan fingerprint density at radius 2 is 2.15 bits per heavy atom. The number of nitrogens with zero attached hydrogens (tertiary/aromatic N) is 3. The molecule has 0 saturated carbocycles. The molecule has 7 heteroatoms. The van der Waals surface area contributed by atoms with Gasteiger partial charge in [0.1, 0.15) is 0 Å². The number of benzene rings is 1. The van der Waals surface area contributed by atoms with Crippen LogP contribution in [0.3, 0.4) is 0 Å². The molecule has 0 aliphatic carbocycles. The highest BCUT2D eigenvalue weighted by Crippen LogP contribution is 2.05. The number of hydrogen-bond acceptors (Lipinski definition) is 4. The highest BCUT2D eigenvalue weighted by molar-refractivity contribution is 5.93. The molecule has 1 atom stereocenters. The second-order valence-electron chi connectivity index (χ2n) is 4.53. The van der Waals surface area contributed by atoms with Crippen molar-refractivity contribution in [3.05, 3.63) is 42.2 Å². The van der Waals surface area contributed by atoms with Gasteiger partial charge in [-0.3, -0.25) is 9.59 Å². The van der Waals surface area contributed by atoms with Crippen molar-refractivity contribution in [3.8, 4) is 5.69 Å². The van der Waals surface area contributed by atoms with Gasteiger partial charge in [0, 0.05) is 13.0 Å². The molecule has 20 heavy (non-hydrogen) atoms. The number of carbonyl (C=O) groups excluding carboxylic acids is 2. The quantitative estimate of drug-likeness (QED) is 0.815. The topological polar surface area (TPSA) is 88.9 Å². The number of carbonyl (C=O) groups is 2. The minimum absolute atomic E-state index is 0.0526. The number of rotatable bonds is 3. The molecule has 1 saturated heterocycles. The van der Waals surface area contributed by atoms with E-state index in [1.165, 1.54) is 11.0 Å². The lowest BCUT2D eigenvalue weighted by atomic mass is 10.2. The first-order valence-corrected chi connectivity index (χ1v) is 6.28. The van der Waals surface area contributed by atoms with E-state index < -0.39 is 0 Å². The summed E-state index contributed by atoms with van der Waals surface area (Å²) in [5, 5.41) is 13.6. The summed E-state index contributed by atoms with van der Waals surface area (Å²) >= 11 is 0. The van der Waals surface area contributed by atoms with E-state index in [0.29, 0.717) is 13.0 Å². The molecular formula is C13H13N5O2. The highest BCUT2D eigenvalue weighted by Gasteiger charge is 2.24. The van der Waals surface area contributed by atoms with Gasteiger partial charge >= 0.3 is 0 Å². The van der Waals surface area contributed by atoms with Crippen molar-refractivity contribution in [1.29, 1.82) is 0 Å². The average molecular weight is 271 g/mol. The second kappa shape index (κ2) is 5.12. The van der Waals surface area contributed by atoms with Crippen molar-refractivity contribution in [3.63, 3.8) is 0 Å². The highest BCUT2D eigenvalue weighted by atomic mass is 16.2. The Morgan fingerprint density at radius 3 is 2.85 bits per heavy atom. The van der Waals surface area contributed by atoms with Crippen LogP contribution >= 0.6 is 0 Å². The fourth-order valence-corrected chi connectivity index (χ4v) is 2.02. The van der Waals surface area contributed by atoms with Crippen molar-refractivity contribution in [2.75, 3.05) is 6.54 Å². The summed E-state index contributed by atoms with van der Waals surface area (Å²) in [4.78, 5) is 24.4. The Labute approximate surface area is 115 Å². The first kappa shape index (κ1) is 12.3. The summed E-state index contributed by atoms with van der Waals surface area (Å²) in [5.41, 5.74) is 1.01. The molecule has 1 aliphatic heterocycles. The molecule has 2 heterocycles. The van der Waals surface area contributed by atoms with Crippen LogP contribution in [-0.2, 0) is 4.79 Å². The van der Waals surface area contributed by atoms with E-state index in [1.54, 1.807) is 0 Å². The number of aromatic nitrogens is 3. The van der Waals surface area contributed by atoms with Gasteiger partial charge in [-0.1, -0.05) is 18.2 Å². The van der Waals surface area contributed by atoms with Crippen LogP contribution in [0.1, 0.15) is 16.9 Å². The molecule has 0 spiro atoms. The SMILES string of the molecule is O=C1CC(NC(=O)c2cnn(-c3ccccc3)n2)CN1. The molecule has 7 nitrogen and oxygen atoms in total. The molecule has 3 rings (SSSR count). The third-order valence-corrected chi connectivity index (χ3v) is 3.02. The summed E-state index contributed by atoms with van der Waals surface area (Å²) in [5.74, 6) is -0.378. The molecule has 2 amide bonds. The van der Waals surface area contributed by atoms with E-state index >= 15 is 0 Å². The lowest BCUT2D eigenvalue weighted by Gasteiger charge is -2.07. The van der Waals surface area contributed by atoms with Crippen LogP contribution < -0.4 is 10.6 Å². The molecule has 0 radical (unpaired) electrons. The predicted molar refractivity (Wildman–Crippen MR) is 70.2 cm³/mol. The van der Waals surface area contributed by atoms with Gasteiger partial charge in [-0.15, -0.1) is 5.10 Å². The average Bonchev–Trinajstić information content (AvgIpc) is 3.09. The number of nitrogens with one attached hydrogen (secondary N) is 2. The third kappa shape index (κ3) is 2.51. The Morgan fingerprint density at radius 1 is 1.35 bits per heavy atom. The molecule has 2 aromatic rings. The Kier molecular flexibility index (Phi) is 3.16. The molecule has 1 aromatic heterocycles. The zero-order chi connectivity index (χ0) is 13.9. The molecule has 1 unspecified atom stereocenters. The molecule has 1 aromatic carbocycles. The lowest BCUT2D eigenvalue weighted by molar-refractivity contribution is -0.119. The van der Waals surface area contributed by atoms with E-state index in [4.69, 9.17) is 0 Å². The molecular weight excluding hydrogens is 258 g/mol.